The van der Waals surface area contributed by atoms with Gasteiger partial charge in [0.25, 0.3) is 4.06 Å². The maximum atomic E-state index is 13.1. The van der Waals surface area contributed by atoms with Gasteiger partial charge in [-0.05, 0) is 59.9 Å². The van der Waals surface area contributed by atoms with Crippen LogP contribution >= 0.6 is 46.2 Å². The lowest BCUT2D eigenvalue weighted by atomic mass is 10.1. The van der Waals surface area contributed by atoms with Crippen molar-refractivity contribution in [2.24, 2.45) is 0 Å². The largest absolute Gasteiger partial charge is 0.416 e. The molecular weight excluding hydrogens is 656 g/mol. The summed E-state index contributed by atoms with van der Waals surface area (Å²) in [6, 6.07) is 0.0409. The third-order valence-corrected chi connectivity index (χ3v) is 9.29. The summed E-state index contributed by atoms with van der Waals surface area (Å²) < 4.78 is 155. The zero-order valence-corrected chi connectivity index (χ0v) is 21.6. The molecular formula is C21H6F12O3S4. The quantitative estimate of drug-likeness (QED) is 0.206. The Hall–Kier alpha value is -2.51. The van der Waals surface area contributed by atoms with Gasteiger partial charge in [0.15, 0.2) is 0 Å². The molecule has 0 saturated carbocycles. The molecule has 0 aliphatic heterocycles. The van der Waals surface area contributed by atoms with Gasteiger partial charge in [0.05, 0.1) is 30.7 Å². The summed E-state index contributed by atoms with van der Waals surface area (Å²) in [6.07, 6.45) is -21.1. The van der Waals surface area contributed by atoms with Gasteiger partial charge in [-0.15, -0.1) is 0 Å². The second-order valence-corrected chi connectivity index (χ2v) is 12.1. The van der Waals surface area contributed by atoms with Crippen LogP contribution < -0.4 is 4.06 Å². The van der Waals surface area contributed by atoms with Crippen LogP contribution in [0.5, 0.6) is 0 Å². The van der Waals surface area contributed by atoms with Gasteiger partial charge in [0.1, 0.15) is 0 Å². The van der Waals surface area contributed by atoms with E-state index in [0.717, 1.165) is 0 Å². The predicted octanol–water partition coefficient (Wildman–Crippen LogP) is 9.11. The first kappa shape index (κ1) is 32.0. The molecule has 0 spiro atoms. The summed E-state index contributed by atoms with van der Waals surface area (Å²) in [6.45, 7) is 0. The second-order valence-electron chi connectivity index (χ2n) is 7.40. The van der Waals surface area contributed by atoms with Crippen LogP contribution in [0.3, 0.4) is 0 Å². The first-order valence-corrected chi connectivity index (χ1v) is 13.0. The number of hydrogen-bond donors (Lipinski definition) is 0. The lowest BCUT2D eigenvalue weighted by molar-refractivity contribution is -0.144. The molecule has 0 aliphatic rings. The van der Waals surface area contributed by atoms with Crippen LogP contribution in [-0.4, -0.2) is 10.2 Å². The van der Waals surface area contributed by atoms with E-state index < -0.39 is 80.8 Å². The molecule has 0 bridgehead atoms. The zero-order chi connectivity index (χ0) is 30.4. The van der Waals surface area contributed by atoms with Crippen molar-refractivity contribution in [3.05, 3.63) is 78.6 Å². The molecule has 216 valence electrons. The molecule has 0 atom stereocenters. The molecule has 3 rings (SSSR count). The van der Waals surface area contributed by atoms with Gasteiger partial charge in [-0.2, -0.15) is 52.7 Å². The van der Waals surface area contributed by atoms with Gasteiger partial charge in [-0.1, -0.05) is 22.7 Å². The van der Waals surface area contributed by atoms with E-state index in [1.54, 1.807) is 0 Å². The minimum atomic E-state index is -5.28. The molecule has 3 nitrogen and oxygen atoms in total. The van der Waals surface area contributed by atoms with E-state index in [-0.39, 0.29) is 82.6 Å². The highest BCUT2D eigenvalue weighted by Crippen LogP contribution is 2.43. The van der Waals surface area contributed by atoms with Crippen molar-refractivity contribution in [1.82, 2.24) is 0 Å². The van der Waals surface area contributed by atoms with Gasteiger partial charge < -0.3 is 0 Å². The zero-order valence-electron chi connectivity index (χ0n) is 18.4. The van der Waals surface area contributed by atoms with Crippen molar-refractivity contribution in [3.63, 3.8) is 0 Å². The molecule has 1 aromatic heterocycles. The topological polar surface area (TPSA) is 51.2 Å². The summed E-state index contributed by atoms with van der Waals surface area (Å²) in [5, 5.41) is -2.84. The van der Waals surface area contributed by atoms with Crippen molar-refractivity contribution in [2.75, 3.05) is 0 Å². The minimum absolute atomic E-state index is 0.0429. The van der Waals surface area contributed by atoms with E-state index in [1.165, 1.54) is 0 Å². The van der Waals surface area contributed by atoms with Gasteiger partial charge >= 0.3 is 24.7 Å². The highest BCUT2D eigenvalue weighted by atomic mass is 32.2. The third kappa shape index (κ3) is 7.82. The summed E-state index contributed by atoms with van der Waals surface area (Å²) in [5.74, 6) is 0. The monoisotopic (exact) mass is 662 g/mol. The highest BCUT2D eigenvalue weighted by Gasteiger charge is 2.39. The lowest BCUT2D eigenvalue weighted by Crippen LogP contribution is -2.13. The van der Waals surface area contributed by atoms with E-state index in [0.29, 0.717) is 0 Å². The van der Waals surface area contributed by atoms with E-state index in [1.807, 2.05) is 0 Å². The fourth-order valence-corrected chi connectivity index (χ4v) is 7.48. The number of benzene rings is 2. The molecule has 0 amide bonds. The smallest absolute Gasteiger partial charge is 0.281 e. The molecule has 40 heavy (non-hydrogen) atoms. The van der Waals surface area contributed by atoms with Crippen LogP contribution in [0.1, 0.15) is 43.0 Å². The Morgan fingerprint density at radius 1 is 0.500 bits per heavy atom. The Morgan fingerprint density at radius 3 is 0.975 bits per heavy atom. The van der Waals surface area contributed by atoms with Crippen molar-refractivity contribution in [3.8, 4) is 0 Å². The first-order valence-electron chi connectivity index (χ1n) is 9.73. The summed E-state index contributed by atoms with van der Waals surface area (Å²) >= 11 is 0.387. The number of rotatable bonds is 4. The maximum absolute atomic E-state index is 13.1. The summed E-state index contributed by atoms with van der Waals surface area (Å²) in [7, 11) is 0. The van der Waals surface area contributed by atoms with Crippen molar-refractivity contribution in [1.29, 1.82) is 0 Å². The third-order valence-electron chi connectivity index (χ3n) is 4.54. The van der Waals surface area contributed by atoms with Crippen LogP contribution in [0.2, 0.25) is 0 Å². The molecule has 3 aromatic rings. The van der Waals surface area contributed by atoms with Crippen LogP contribution in [0.4, 0.5) is 52.7 Å². The van der Waals surface area contributed by atoms with E-state index in [9.17, 15) is 67.1 Å². The Morgan fingerprint density at radius 2 is 0.750 bits per heavy atom. The van der Waals surface area contributed by atoms with E-state index in [2.05, 4.69) is 0 Å². The average molecular weight is 663 g/mol. The summed E-state index contributed by atoms with van der Waals surface area (Å²) in [5.41, 5.74) is -9.38. The van der Waals surface area contributed by atoms with Crippen molar-refractivity contribution >= 4 is 56.4 Å². The Balaban J connectivity index is 1.97. The number of halogens is 12. The minimum Gasteiger partial charge on any atom is -0.281 e. The van der Waals surface area contributed by atoms with Gasteiger partial charge in [0.2, 0.25) is 10.2 Å². The fourth-order valence-electron chi connectivity index (χ4n) is 2.81. The van der Waals surface area contributed by atoms with Crippen molar-refractivity contribution < 1.29 is 62.3 Å². The van der Waals surface area contributed by atoms with Crippen molar-refractivity contribution in [2.45, 2.75) is 33.1 Å². The molecule has 0 N–H and O–H groups in total. The molecule has 0 aliphatic carbocycles. The first-order chi connectivity index (χ1) is 18.1. The lowest BCUT2D eigenvalue weighted by Gasteiger charge is -2.14. The molecule has 0 fully saturated rings. The van der Waals surface area contributed by atoms with Gasteiger partial charge in [-0.3, -0.25) is 14.4 Å². The molecule has 1 heterocycles. The highest BCUT2D eigenvalue weighted by molar-refractivity contribution is 8.18. The molecule has 2 aromatic carbocycles. The standard InChI is InChI=1S/C21H6F12O3S4/c22-18(23,24)9-1-7(2-10(5-9)19(25,26)27)13(34)37-15-16(40-17(36)39-15)38-14(35)8-3-11(20(28,29)30)6-12(4-8)21(31,32)33/h1-6H. The second kappa shape index (κ2) is 11.1. The average Bonchev–Trinajstić information content (AvgIpc) is 3.14. The molecule has 0 radical (unpaired) electrons. The number of thioether (sulfide) groups is 2. The van der Waals surface area contributed by atoms with Crippen LogP contribution in [-0.2, 0) is 24.7 Å². The normalized spacial score (nSPS) is 13.0. The Bertz CT molecular complexity index is 1340. The Kier molecular flexibility index (Phi) is 8.84. The van der Waals surface area contributed by atoms with E-state index in [4.69, 9.17) is 0 Å². The number of carbonyl (C=O) groups is 2. The Labute approximate surface area is 230 Å². The van der Waals surface area contributed by atoms with Gasteiger partial charge in [-0.25, -0.2) is 0 Å². The number of hydrogen-bond acceptors (Lipinski definition) is 7. The fraction of sp³-hybridized carbons (Fsp3) is 0.190. The van der Waals surface area contributed by atoms with E-state index >= 15 is 0 Å². The van der Waals surface area contributed by atoms with Crippen LogP contribution in [0.15, 0.2) is 49.6 Å². The SMILES string of the molecule is O=C(Sc1sc(=O)sc1SC(=O)c1cc(C(F)(F)F)cc(C(F)(F)F)c1)c1cc(C(F)(F)F)cc(C(F)(F)F)c1. The predicted molar refractivity (Wildman–Crippen MR) is 122 cm³/mol. The molecule has 19 heteroatoms. The molecule has 0 unspecified atom stereocenters. The number of alkyl halides is 12. The summed E-state index contributed by atoms with van der Waals surface area (Å²) in [4.78, 5) is 37.1. The number of carbonyl (C=O) groups excluding carboxylic acids is 2. The molecule has 0 saturated heterocycles. The van der Waals surface area contributed by atoms with Crippen LogP contribution in [0, 0.1) is 0 Å². The maximum Gasteiger partial charge on any atom is 0.416 e. The van der Waals surface area contributed by atoms with Gasteiger partial charge in [0, 0.05) is 11.1 Å². The van der Waals surface area contributed by atoms with Crippen LogP contribution in [0.25, 0.3) is 0 Å².